The van der Waals surface area contributed by atoms with Gasteiger partial charge in [0.1, 0.15) is 17.5 Å². The van der Waals surface area contributed by atoms with Crippen LogP contribution in [0.1, 0.15) is 21.7 Å². The summed E-state index contributed by atoms with van der Waals surface area (Å²) in [5.74, 6) is -1.57. The van der Waals surface area contributed by atoms with Crippen LogP contribution < -0.4 is 21.3 Å². The van der Waals surface area contributed by atoms with Gasteiger partial charge >= 0.3 is 0 Å². The molecule has 4 N–H and O–H groups in total. The van der Waals surface area contributed by atoms with Crippen molar-refractivity contribution in [2.75, 3.05) is 36.5 Å². The largest absolute Gasteiger partial charge is 0.370 e. The molecule has 2 heterocycles. The van der Waals surface area contributed by atoms with Crippen LogP contribution in [0.25, 0.3) is 0 Å². The van der Waals surface area contributed by atoms with Crippen LogP contribution in [0.15, 0.2) is 29.6 Å². The van der Waals surface area contributed by atoms with Crippen molar-refractivity contribution in [3.8, 4) is 0 Å². The molecule has 0 spiro atoms. The van der Waals surface area contributed by atoms with E-state index in [1.54, 1.807) is 11.4 Å². The van der Waals surface area contributed by atoms with Gasteiger partial charge in [-0.05, 0) is 29.6 Å². The molecule has 31 heavy (non-hydrogen) atoms. The highest BCUT2D eigenvalue weighted by Gasteiger charge is 2.26. The molecule has 0 saturated carbocycles. The smallest absolute Gasteiger partial charge is 0.265 e. The van der Waals surface area contributed by atoms with E-state index in [0.29, 0.717) is 9.90 Å². The first-order valence-electron chi connectivity index (χ1n) is 9.15. The third-order valence-electron chi connectivity index (χ3n) is 4.45. The fourth-order valence-electron chi connectivity index (χ4n) is 2.89. The summed E-state index contributed by atoms with van der Waals surface area (Å²) < 4.78 is 32.2. The lowest BCUT2D eigenvalue weighted by Gasteiger charge is -2.29. The van der Waals surface area contributed by atoms with E-state index in [-0.39, 0.29) is 37.7 Å². The number of hydrogen-bond acceptors (Lipinski definition) is 6. The van der Waals surface area contributed by atoms with Crippen LogP contribution in [-0.4, -0.2) is 50.1 Å². The van der Waals surface area contributed by atoms with E-state index in [1.165, 1.54) is 17.0 Å². The molecule has 12 heteroatoms. The maximum absolute atomic E-state index is 13.6. The third kappa shape index (κ3) is 5.56. The number of morpholine rings is 1. The number of nitrogens with one attached hydrogen (secondary N) is 2. The zero-order chi connectivity index (χ0) is 22.5. The Balaban J connectivity index is 1.65. The summed E-state index contributed by atoms with van der Waals surface area (Å²) in [7, 11) is 0. The number of halogens is 3. The fraction of sp³-hybridized carbons (Fsp3) is 0.316. The number of carbonyl (C=O) groups is 3. The number of alkyl halides is 2. The Kier molecular flexibility index (Phi) is 7.55. The minimum atomic E-state index is -2.87. The quantitative estimate of drug-likeness (QED) is 0.572. The number of anilines is 2. The molecule has 1 saturated heterocycles. The Morgan fingerprint density at radius 3 is 2.74 bits per heavy atom. The van der Waals surface area contributed by atoms with E-state index < -0.39 is 35.8 Å². The van der Waals surface area contributed by atoms with Crippen LogP contribution in [0.4, 0.5) is 20.2 Å². The summed E-state index contributed by atoms with van der Waals surface area (Å²) in [5.41, 5.74) is 5.55. The van der Waals surface area contributed by atoms with E-state index in [4.69, 9.17) is 22.1 Å². The zero-order valence-corrected chi connectivity index (χ0v) is 17.6. The highest BCUT2D eigenvalue weighted by molar-refractivity contribution is 7.12. The molecular formula is C19H19ClF2N4O4S. The molecule has 8 nitrogen and oxygen atoms in total. The molecule has 0 bridgehead atoms. The lowest BCUT2D eigenvalue weighted by molar-refractivity contribution is -0.125. The highest BCUT2D eigenvalue weighted by Crippen LogP contribution is 2.33. The molecular weight excluding hydrogens is 454 g/mol. The van der Waals surface area contributed by atoms with Crippen LogP contribution in [0.2, 0.25) is 5.02 Å². The van der Waals surface area contributed by atoms with Gasteiger partial charge in [-0.25, -0.2) is 8.78 Å². The highest BCUT2D eigenvalue weighted by atomic mass is 35.5. The molecule has 2 aromatic rings. The van der Waals surface area contributed by atoms with E-state index in [1.807, 2.05) is 0 Å². The third-order valence-corrected chi connectivity index (χ3v) is 5.79. The molecule has 0 radical (unpaired) electrons. The molecule has 1 aromatic carbocycles. The Hall–Kier alpha value is -2.60. The van der Waals surface area contributed by atoms with Gasteiger partial charge in [-0.1, -0.05) is 11.6 Å². The molecule has 1 atom stereocenters. The summed E-state index contributed by atoms with van der Waals surface area (Å²) >= 11 is 7.03. The topological polar surface area (TPSA) is 114 Å². The van der Waals surface area contributed by atoms with E-state index in [0.717, 1.165) is 17.4 Å². The van der Waals surface area contributed by atoms with Crippen LogP contribution in [0, 0.1) is 0 Å². The minimum Gasteiger partial charge on any atom is -0.370 e. The SMILES string of the molecule is N[C@@H](CNC(=O)c1sccc1Cl)C(=O)Nc1ccc(N2CCOCC2=O)c(C(F)F)c1. The normalized spacial score (nSPS) is 15.1. The summed E-state index contributed by atoms with van der Waals surface area (Å²) in [6.07, 6.45) is -2.87. The Morgan fingerprint density at radius 2 is 2.10 bits per heavy atom. The van der Waals surface area contributed by atoms with Crippen molar-refractivity contribution in [2.45, 2.75) is 12.5 Å². The molecule has 1 aromatic heterocycles. The van der Waals surface area contributed by atoms with Gasteiger partial charge in [0.2, 0.25) is 5.91 Å². The Bertz CT molecular complexity index is 988. The molecule has 0 unspecified atom stereocenters. The van der Waals surface area contributed by atoms with Gasteiger partial charge in [-0.3, -0.25) is 14.4 Å². The monoisotopic (exact) mass is 472 g/mol. The molecule has 3 amide bonds. The predicted octanol–water partition coefficient (Wildman–Crippen LogP) is 2.40. The van der Waals surface area contributed by atoms with Crippen molar-refractivity contribution < 1.29 is 27.9 Å². The predicted molar refractivity (Wildman–Crippen MR) is 113 cm³/mol. The molecule has 1 aliphatic rings. The average molecular weight is 473 g/mol. The van der Waals surface area contributed by atoms with Gasteiger partial charge < -0.3 is 26.0 Å². The number of hydrogen-bond donors (Lipinski definition) is 3. The number of carbonyl (C=O) groups excluding carboxylic acids is 3. The van der Waals surface area contributed by atoms with Crippen molar-refractivity contribution in [3.05, 3.63) is 45.1 Å². The average Bonchev–Trinajstić information content (AvgIpc) is 3.18. The van der Waals surface area contributed by atoms with Crippen LogP contribution in [0.5, 0.6) is 0 Å². The Morgan fingerprint density at radius 1 is 1.32 bits per heavy atom. The number of nitrogens with zero attached hydrogens (tertiary/aromatic N) is 1. The van der Waals surface area contributed by atoms with Crippen LogP contribution in [0.3, 0.4) is 0 Å². The van der Waals surface area contributed by atoms with Gasteiger partial charge in [-0.15, -0.1) is 11.3 Å². The number of benzene rings is 1. The van der Waals surface area contributed by atoms with E-state index >= 15 is 0 Å². The molecule has 3 rings (SSSR count). The maximum atomic E-state index is 13.6. The van der Waals surface area contributed by atoms with Crippen molar-refractivity contribution >= 4 is 52.0 Å². The number of amides is 3. The second-order valence-electron chi connectivity index (χ2n) is 6.58. The first-order valence-corrected chi connectivity index (χ1v) is 10.4. The summed E-state index contributed by atoms with van der Waals surface area (Å²) in [4.78, 5) is 37.9. The minimum absolute atomic E-state index is 0.0608. The lowest BCUT2D eigenvalue weighted by atomic mass is 10.1. The molecule has 0 aliphatic carbocycles. The van der Waals surface area contributed by atoms with E-state index in [9.17, 15) is 23.2 Å². The summed E-state index contributed by atoms with van der Waals surface area (Å²) in [6, 6.07) is 4.28. The first-order chi connectivity index (χ1) is 14.8. The molecule has 1 aliphatic heterocycles. The zero-order valence-electron chi connectivity index (χ0n) is 16.1. The Labute approximate surface area is 185 Å². The summed E-state index contributed by atoms with van der Waals surface area (Å²) in [6.45, 7) is 0.0344. The van der Waals surface area contributed by atoms with Crippen LogP contribution >= 0.6 is 22.9 Å². The van der Waals surface area contributed by atoms with Gasteiger partial charge in [0.25, 0.3) is 18.2 Å². The molecule has 166 valence electrons. The van der Waals surface area contributed by atoms with Crippen molar-refractivity contribution in [1.29, 1.82) is 0 Å². The van der Waals surface area contributed by atoms with Crippen molar-refractivity contribution in [3.63, 3.8) is 0 Å². The fourth-order valence-corrected chi connectivity index (χ4v) is 3.95. The van der Waals surface area contributed by atoms with Crippen molar-refractivity contribution in [2.24, 2.45) is 5.73 Å². The number of rotatable bonds is 7. The molecule has 1 fully saturated rings. The van der Waals surface area contributed by atoms with E-state index in [2.05, 4.69) is 10.6 Å². The number of ether oxygens (including phenoxy) is 1. The first kappa shape index (κ1) is 23.1. The van der Waals surface area contributed by atoms with Gasteiger partial charge in [-0.2, -0.15) is 0 Å². The standard InChI is InChI=1S/C19H19ClF2N4O4S/c20-12-3-6-31-16(12)19(29)24-8-13(23)18(28)25-10-1-2-14(11(7-10)17(21)22)26-4-5-30-9-15(26)27/h1-3,6-7,13,17H,4-5,8-9,23H2,(H,24,29)(H,25,28)/t13-/m0/s1. The van der Waals surface area contributed by atoms with Gasteiger partial charge in [0.05, 0.1) is 17.3 Å². The van der Waals surface area contributed by atoms with Gasteiger partial charge in [0, 0.05) is 24.3 Å². The summed E-state index contributed by atoms with van der Waals surface area (Å²) in [5, 5.41) is 6.89. The van der Waals surface area contributed by atoms with Gasteiger partial charge in [0.15, 0.2) is 0 Å². The van der Waals surface area contributed by atoms with Crippen molar-refractivity contribution in [1.82, 2.24) is 5.32 Å². The number of thiophene rings is 1. The second-order valence-corrected chi connectivity index (χ2v) is 7.90. The number of nitrogens with two attached hydrogens (primary N) is 1. The van der Waals surface area contributed by atoms with Crippen LogP contribution in [-0.2, 0) is 14.3 Å². The lowest BCUT2D eigenvalue weighted by Crippen LogP contribution is -2.45. The maximum Gasteiger partial charge on any atom is 0.265 e. The second kappa shape index (κ2) is 10.1.